The number of aromatic carboxylic acids is 1. The van der Waals surface area contributed by atoms with Crippen molar-refractivity contribution < 1.29 is 37.1 Å². The number of rotatable bonds is 5. The van der Waals surface area contributed by atoms with Crippen molar-refractivity contribution in [3.63, 3.8) is 0 Å². The molecule has 0 aromatic heterocycles. The third-order valence-corrected chi connectivity index (χ3v) is 4.26. The van der Waals surface area contributed by atoms with Gasteiger partial charge in [-0.2, -0.15) is 8.42 Å². The average molecular weight is 366 g/mol. The molecule has 9 heteroatoms. The highest BCUT2D eigenvalue weighted by atomic mass is 32.2. The van der Waals surface area contributed by atoms with Crippen molar-refractivity contribution in [2.24, 2.45) is 0 Å². The molecule has 0 fully saturated rings. The van der Waals surface area contributed by atoms with Crippen LogP contribution in [-0.2, 0) is 14.9 Å². The number of carbonyl (C=O) groups is 2. The molecule has 0 bridgehead atoms. The Labute approximate surface area is 143 Å². The number of hydrogen-bond acceptors (Lipinski definition) is 6. The van der Waals surface area contributed by atoms with Crippen LogP contribution in [0.1, 0.15) is 26.3 Å². The molecule has 2 aromatic carbocycles. The lowest BCUT2D eigenvalue weighted by Gasteiger charge is -2.13. The molecule has 0 saturated carbocycles. The lowest BCUT2D eigenvalue weighted by atomic mass is 10.0. The van der Waals surface area contributed by atoms with Gasteiger partial charge in [-0.05, 0) is 36.8 Å². The zero-order chi connectivity index (χ0) is 18.8. The first-order chi connectivity index (χ1) is 11.6. The van der Waals surface area contributed by atoms with Gasteiger partial charge in [0.25, 0.3) is 10.1 Å². The summed E-state index contributed by atoms with van der Waals surface area (Å²) in [6.45, 7) is 1.44. The van der Waals surface area contributed by atoms with E-state index in [9.17, 15) is 27.7 Å². The molecule has 2 aromatic rings. The molecule has 0 radical (unpaired) electrons. The van der Waals surface area contributed by atoms with Gasteiger partial charge in [-0.15, -0.1) is 0 Å². The number of carboxylic acid groups (broad SMARTS) is 1. The Morgan fingerprint density at radius 3 is 2.24 bits per heavy atom. The predicted octanol–water partition coefficient (Wildman–Crippen LogP) is 2.52. The van der Waals surface area contributed by atoms with Gasteiger partial charge in [-0.1, -0.05) is 12.1 Å². The van der Waals surface area contributed by atoms with Gasteiger partial charge in [0.2, 0.25) is 0 Å². The predicted molar refractivity (Wildman–Crippen MR) is 85.8 cm³/mol. The van der Waals surface area contributed by atoms with Crippen molar-refractivity contribution in [2.75, 3.05) is 7.11 Å². The summed E-state index contributed by atoms with van der Waals surface area (Å²) in [5.74, 6) is -2.38. The number of esters is 1. The summed E-state index contributed by atoms with van der Waals surface area (Å²) < 4.78 is 42.1. The van der Waals surface area contributed by atoms with E-state index in [1.54, 1.807) is 0 Å². The SMILES string of the molecule is COC(=O)c1cc(Oc2ccccc2S(=O)(=O)O)cc(C(=O)O)c1C. The minimum Gasteiger partial charge on any atom is -0.478 e. The van der Waals surface area contributed by atoms with Gasteiger partial charge in [-0.3, -0.25) is 4.55 Å². The highest BCUT2D eigenvalue weighted by Crippen LogP contribution is 2.31. The first-order valence-corrected chi connectivity index (χ1v) is 8.29. The van der Waals surface area contributed by atoms with E-state index >= 15 is 0 Å². The molecular weight excluding hydrogens is 352 g/mol. The smallest absolute Gasteiger partial charge is 0.338 e. The fourth-order valence-electron chi connectivity index (χ4n) is 2.17. The molecule has 0 atom stereocenters. The van der Waals surface area contributed by atoms with E-state index < -0.39 is 27.0 Å². The topological polar surface area (TPSA) is 127 Å². The molecule has 0 amide bonds. The molecule has 2 rings (SSSR count). The second-order valence-electron chi connectivity index (χ2n) is 4.96. The van der Waals surface area contributed by atoms with Crippen LogP contribution in [0, 0.1) is 6.92 Å². The molecule has 2 N–H and O–H groups in total. The fraction of sp³-hybridized carbons (Fsp3) is 0.125. The monoisotopic (exact) mass is 366 g/mol. The van der Waals surface area contributed by atoms with E-state index in [1.165, 1.54) is 31.2 Å². The number of carboxylic acids is 1. The van der Waals surface area contributed by atoms with E-state index in [4.69, 9.17) is 4.74 Å². The van der Waals surface area contributed by atoms with Crippen molar-refractivity contribution in [3.05, 3.63) is 53.1 Å². The summed E-state index contributed by atoms with van der Waals surface area (Å²) in [7, 11) is -3.41. The third kappa shape index (κ3) is 3.95. The van der Waals surface area contributed by atoms with Crippen LogP contribution in [0.25, 0.3) is 0 Å². The minimum absolute atomic E-state index is 0.0401. The summed E-state index contributed by atoms with van der Waals surface area (Å²) in [6, 6.07) is 7.63. The molecule has 0 spiro atoms. The van der Waals surface area contributed by atoms with E-state index in [2.05, 4.69) is 4.74 Å². The van der Waals surface area contributed by atoms with E-state index in [0.717, 1.165) is 19.2 Å². The zero-order valence-electron chi connectivity index (χ0n) is 13.2. The van der Waals surface area contributed by atoms with Crippen molar-refractivity contribution >= 4 is 22.1 Å². The van der Waals surface area contributed by atoms with Gasteiger partial charge in [0.1, 0.15) is 16.4 Å². The maximum absolute atomic E-state index is 11.8. The standard InChI is InChI=1S/C16H14O8S/c1-9-11(15(17)18)7-10(8-12(9)16(19)23-2)24-13-5-3-4-6-14(13)25(20,21)22/h3-8H,1-2H3,(H,17,18)(H,20,21,22). The van der Waals surface area contributed by atoms with Crippen LogP contribution in [0.2, 0.25) is 0 Å². The van der Waals surface area contributed by atoms with Gasteiger partial charge < -0.3 is 14.6 Å². The van der Waals surface area contributed by atoms with Crippen molar-refractivity contribution in [3.8, 4) is 11.5 Å². The quantitative estimate of drug-likeness (QED) is 0.610. The lowest BCUT2D eigenvalue weighted by Crippen LogP contribution is -2.10. The molecule has 132 valence electrons. The summed E-state index contributed by atoms with van der Waals surface area (Å²) in [5, 5.41) is 9.28. The number of hydrogen-bond donors (Lipinski definition) is 2. The second-order valence-corrected chi connectivity index (χ2v) is 6.35. The zero-order valence-corrected chi connectivity index (χ0v) is 14.0. The number of para-hydroxylation sites is 1. The first-order valence-electron chi connectivity index (χ1n) is 6.85. The van der Waals surface area contributed by atoms with Gasteiger partial charge in [0.15, 0.2) is 0 Å². The van der Waals surface area contributed by atoms with Gasteiger partial charge in [-0.25, -0.2) is 9.59 Å². The molecule has 25 heavy (non-hydrogen) atoms. The molecule has 0 aliphatic rings. The number of benzene rings is 2. The Bertz CT molecular complexity index is 947. The molecule has 0 aliphatic heterocycles. The summed E-state index contributed by atoms with van der Waals surface area (Å²) in [5.41, 5.74) is -0.0706. The lowest BCUT2D eigenvalue weighted by molar-refractivity contribution is 0.0599. The highest BCUT2D eigenvalue weighted by molar-refractivity contribution is 7.86. The Kier molecular flexibility index (Phi) is 5.10. The van der Waals surface area contributed by atoms with Crippen LogP contribution in [-0.4, -0.2) is 37.1 Å². The normalized spacial score (nSPS) is 11.0. The van der Waals surface area contributed by atoms with E-state index in [1.807, 2.05) is 0 Å². The van der Waals surface area contributed by atoms with Crippen molar-refractivity contribution in [2.45, 2.75) is 11.8 Å². The van der Waals surface area contributed by atoms with Crippen LogP contribution in [0.5, 0.6) is 11.5 Å². The number of carbonyl (C=O) groups excluding carboxylic acids is 1. The second kappa shape index (κ2) is 6.91. The molecular formula is C16H14O8S. The molecule has 0 saturated heterocycles. The first kappa shape index (κ1) is 18.4. The molecule has 0 aliphatic carbocycles. The van der Waals surface area contributed by atoms with Crippen molar-refractivity contribution in [1.29, 1.82) is 0 Å². The fourth-order valence-corrected chi connectivity index (χ4v) is 2.78. The summed E-state index contributed by atoms with van der Waals surface area (Å²) in [6.07, 6.45) is 0. The van der Waals surface area contributed by atoms with E-state index in [0.29, 0.717) is 0 Å². The van der Waals surface area contributed by atoms with Gasteiger partial charge in [0.05, 0.1) is 18.2 Å². The Balaban J connectivity index is 2.60. The Morgan fingerprint density at radius 2 is 1.68 bits per heavy atom. The Hall–Kier alpha value is -2.91. The van der Waals surface area contributed by atoms with Crippen LogP contribution in [0.4, 0.5) is 0 Å². The van der Waals surface area contributed by atoms with Crippen LogP contribution < -0.4 is 4.74 Å². The van der Waals surface area contributed by atoms with Crippen LogP contribution in [0.15, 0.2) is 41.3 Å². The average Bonchev–Trinajstić information content (AvgIpc) is 2.54. The van der Waals surface area contributed by atoms with Crippen molar-refractivity contribution in [1.82, 2.24) is 0 Å². The summed E-state index contributed by atoms with van der Waals surface area (Å²) in [4.78, 5) is 22.7. The van der Waals surface area contributed by atoms with E-state index in [-0.39, 0.29) is 28.2 Å². The molecule has 0 heterocycles. The largest absolute Gasteiger partial charge is 0.478 e. The maximum Gasteiger partial charge on any atom is 0.338 e. The number of methoxy groups -OCH3 is 1. The molecule has 0 unspecified atom stereocenters. The van der Waals surface area contributed by atoms with Crippen LogP contribution in [0.3, 0.4) is 0 Å². The maximum atomic E-state index is 11.8. The highest BCUT2D eigenvalue weighted by Gasteiger charge is 2.21. The third-order valence-electron chi connectivity index (χ3n) is 3.37. The molecule has 8 nitrogen and oxygen atoms in total. The van der Waals surface area contributed by atoms with Gasteiger partial charge in [0, 0.05) is 0 Å². The minimum atomic E-state index is -4.55. The summed E-state index contributed by atoms with van der Waals surface area (Å²) >= 11 is 0. The van der Waals surface area contributed by atoms with Crippen LogP contribution >= 0.6 is 0 Å². The number of ether oxygens (including phenoxy) is 2. The Morgan fingerprint density at radius 1 is 1.08 bits per heavy atom. The van der Waals surface area contributed by atoms with Gasteiger partial charge >= 0.3 is 11.9 Å².